The standard InChI is InChI=1S/C11H18N4O4S/c1-18-4-5(19-2)3-15-11-6(9(13)16)7(12)8(20-11)10(14)17/h5,15H,3-4,12H2,1-2H3,(H2,13,16)(H2,14,17). The lowest BCUT2D eigenvalue weighted by Crippen LogP contribution is -2.27. The van der Waals surface area contributed by atoms with E-state index in [2.05, 4.69) is 5.32 Å². The van der Waals surface area contributed by atoms with Crippen LogP contribution in [0.25, 0.3) is 0 Å². The summed E-state index contributed by atoms with van der Waals surface area (Å²) < 4.78 is 10.2. The van der Waals surface area contributed by atoms with Gasteiger partial charge in [-0.2, -0.15) is 0 Å². The van der Waals surface area contributed by atoms with E-state index >= 15 is 0 Å². The lowest BCUT2D eigenvalue weighted by Gasteiger charge is -2.15. The van der Waals surface area contributed by atoms with Crippen LogP contribution in [0.3, 0.4) is 0 Å². The van der Waals surface area contributed by atoms with Gasteiger partial charge in [0.25, 0.3) is 11.8 Å². The first-order valence-corrected chi connectivity index (χ1v) is 6.51. The largest absolute Gasteiger partial charge is 0.397 e. The van der Waals surface area contributed by atoms with Gasteiger partial charge >= 0.3 is 0 Å². The molecule has 0 fully saturated rings. The second-order valence-electron chi connectivity index (χ2n) is 3.97. The number of primary amides is 2. The number of hydrogen-bond donors (Lipinski definition) is 4. The molecule has 1 aromatic heterocycles. The third kappa shape index (κ3) is 3.59. The smallest absolute Gasteiger partial charge is 0.260 e. The van der Waals surface area contributed by atoms with E-state index in [1.807, 2.05) is 0 Å². The van der Waals surface area contributed by atoms with Crippen molar-refractivity contribution in [2.45, 2.75) is 6.10 Å². The molecule has 0 aliphatic heterocycles. The molecular formula is C11H18N4O4S. The highest BCUT2D eigenvalue weighted by Gasteiger charge is 2.23. The molecule has 8 nitrogen and oxygen atoms in total. The summed E-state index contributed by atoms with van der Waals surface area (Å²) in [7, 11) is 3.09. The molecule has 0 bridgehead atoms. The number of thiophene rings is 1. The number of nitrogen functional groups attached to an aromatic ring is 1. The third-order valence-corrected chi connectivity index (χ3v) is 3.77. The molecule has 0 saturated heterocycles. The van der Waals surface area contributed by atoms with Gasteiger partial charge in [-0.05, 0) is 0 Å². The van der Waals surface area contributed by atoms with Crippen molar-refractivity contribution in [3.8, 4) is 0 Å². The van der Waals surface area contributed by atoms with Crippen molar-refractivity contribution in [2.24, 2.45) is 11.5 Å². The maximum absolute atomic E-state index is 11.4. The number of nitrogens with one attached hydrogen (secondary N) is 1. The number of amides is 2. The van der Waals surface area contributed by atoms with Crippen molar-refractivity contribution >= 4 is 33.8 Å². The molecule has 9 heteroatoms. The van der Waals surface area contributed by atoms with Gasteiger partial charge in [-0.25, -0.2) is 0 Å². The Morgan fingerprint density at radius 2 is 1.95 bits per heavy atom. The number of carbonyl (C=O) groups excluding carboxylic acids is 2. The number of carbonyl (C=O) groups is 2. The quantitative estimate of drug-likeness (QED) is 0.514. The molecule has 1 aromatic rings. The van der Waals surface area contributed by atoms with Crippen LogP contribution in [0.15, 0.2) is 0 Å². The van der Waals surface area contributed by atoms with Crippen molar-refractivity contribution in [3.05, 3.63) is 10.4 Å². The first kappa shape index (κ1) is 16.2. The highest BCUT2D eigenvalue weighted by atomic mass is 32.1. The lowest BCUT2D eigenvalue weighted by atomic mass is 10.2. The molecule has 2 amide bonds. The Hall–Kier alpha value is -1.84. The molecule has 0 saturated carbocycles. The van der Waals surface area contributed by atoms with Crippen LogP contribution in [0, 0.1) is 0 Å². The predicted octanol–water partition coefficient (Wildman–Crippen LogP) is -0.399. The van der Waals surface area contributed by atoms with Gasteiger partial charge in [-0.3, -0.25) is 9.59 Å². The maximum atomic E-state index is 11.4. The second kappa shape index (κ2) is 7.08. The van der Waals surface area contributed by atoms with E-state index in [0.717, 1.165) is 11.3 Å². The summed E-state index contributed by atoms with van der Waals surface area (Å²) in [4.78, 5) is 22.8. The average Bonchev–Trinajstić information content (AvgIpc) is 2.71. The number of rotatable bonds is 8. The number of nitrogens with two attached hydrogens (primary N) is 3. The fraction of sp³-hybridized carbons (Fsp3) is 0.455. The van der Waals surface area contributed by atoms with Gasteiger partial charge in [0.1, 0.15) is 9.88 Å². The van der Waals surface area contributed by atoms with E-state index in [-0.39, 0.29) is 22.2 Å². The van der Waals surface area contributed by atoms with Crippen molar-refractivity contribution < 1.29 is 19.1 Å². The Morgan fingerprint density at radius 3 is 2.40 bits per heavy atom. The molecule has 112 valence electrons. The zero-order valence-corrected chi connectivity index (χ0v) is 12.1. The number of hydrogen-bond acceptors (Lipinski definition) is 7. The molecule has 1 unspecified atom stereocenters. The lowest BCUT2D eigenvalue weighted by molar-refractivity contribution is 0.0366. The summed E-state index contributed by atoms with van der Waals surface area (Å²) in [5, 5.41) is 3.36. The summed E-state index contributed by atoms with van der Waals surface area (Å²) in [5.74, 6) is -1.43. The summed E-state index contributed by atoms with van der Waals surface area (Å²) in [5.41, 5.74) is 16.2. The molecule has 1 rings (SSSR count). The summed E-state index contributed by atoms with van der Waals surface area (Å²) in [6.45, 7) is 0.738. The predicted molar refractivity (Wildman–Crippen MR) is 76.9 cm³/mol. The first-order valence-electron chi connectivity index (χ1n) is 5.69. The van der Waals surface area contributed by atoms with Crippen molar-refractivity contribution in [3.63, 3.8) is 0 Å². The third-order valence-electron chi connectivity index (χ3n) is 2.59. The second-order valence-corrected chi connectivity index (χ2v) is 4.99. The number of anilines is 2. The van der Waals surface area contributed by atoms with Crippen LogP contribution in [0.1, 0.15) is 20.0 Å². The molecular weight excluding hydrogens is 284 g/mol. The molecule has 0 radical (unpaired) electrons. The Morgan fingerprint density at radius 1 is 1.30 bits per heavy atom. The Bertz CT molecular complexity index is 503. The minimum Gasteiger partial charge on any atom is -0.397 e. The van der Waals surface area contributed by atoms with Crippen LogP contribution < -0.4 is 22.5 Å². The fourth-order valence-electron chi connectivity index (χ4n) is 1.60. The van der Waals surface area contributed by atoms with Crippen molar-refractivity contribution in [1.82, 2.24) is 0 Å². The zero-order valence-electron chi connectivity index (χ0n) is 11.3. The number of methoxy groups -OCH3 is 2. The molecule has 0 aromatic carbocycles. The first-order chi connectivity index (χ1) is 9.42. The molecule has 1 atom stereocenters. The van der Waals surface area contributed by atoms with Crippen LogP contribution in [-0.4, -0.2) is 45.3 Å². The minimum absolute atomic E-state index is 0.00166. The van der Waals surface area contributed by atoms with Crippen LogP contribution in [0.4, 0.5) is 10.7 Å². The van der Waals surface area contributed by atoms with Gasteiger partial charge in [0, 0.05) is 20.8 Å². The Balaban J connectivity index is 2.96. The highest BCUT2D eigenvalue weighted by molar-refractivity contribution is 7.19. The van der Waals surface area contributed by atoms with E-state index < -0.39 is 11.8 Å². The Kier molecular flexibility index (Phi) is 5.74. The van der Waals surface area contributed by atoms with Crippen molar-refractivity contribution in [2.75, 3.05) is 38.4 Å². The average molecular weight is 302 g/mol. The van der Waals surface area contributed by atoms with E-state index in [1.165, 1.54) is 7.11 Å². The molecule has 7 N–H and O–H groups in total. The van der Waals surface area contributed by atoms with Gasteiger partial charge in [0.05, 0.1) is 24.0 Å². The highest BCUT2D eigenvalue weighted by Crippen LogP contribution is 2.35. The molecule has 1 heterocycles. The van der Waals surface area contributed by atoms with Gasteiger partial charge in [0.15, 0.2) is 0 Å². The van der Waals surface area contributed by atoms with Crippen LogP contribution >= 0.6 is 11.3 Å². The SMILES string of the molecule is COCC(CNc1sc(C(N)=O)c(N)c1C(N)=O)OC. The summed E-state index contributed by atoms with van der Waals surface area (Å²) >= 11 is 0.985. The molecule has 0 aliphatic rings. The van der Waals surface area contributed by atoms with Gasteiger partial charge < -0.3 is 32.0 Å². The Labute approximate surface area is 120 Å². The zero-order chi connectivity index (χ0) is 15.3. The summed E-state index contributed by atoms with van der Waals surface area (Å²) in [6, 6.07) is 0. The van der Waals surface area contributed by atoms with Crippen LogP contribution in [0.2, 0.25) is 0 Å². The fourth-order valence-corrected chi connectivity index (χ4v) is 2.58. The monoisotopic (exact) mass is 302 g/mol. The van der Waals surface area contributed by atoms with Gasteiger partial charge in [0.2, 0.25) is 0 Å². The van der Waals surface area contributed by atoms with Crippen LogP contribution in [-0.2, 0) is 9.47 Å². The maximum Gasteiger partial charge on any atom is 0.260 e. The molecule has 0 spiro atoms. The molecule has 20 heavy (non-hydrogen) atoms. The van der Waals surface area contributed by atoms with E-state index in [1.54, 1.807) is 7.11 Å². The van der Waals surface area contributed by atoms with Crippen molar-refractivity contribution in [1.29, 1.82) is 0 Å². The topological polar surface area (TPSA) is 143 Å². The van der Waals surface area contributed by atoms with E-state index in [4.69, 9.17) is 26.7 Å². The van der Waals surface area contributed by atoms with E-state index in [9.17, 15) is 9.59 Å². The minimum atomic E-state index is -0.727. The van der Waals surface area contributed by atoms with Gasteiger partial charge in [-0.1, -0.05) is 0 Å². The normalized spacial score (nSPS) is 12.1. The van der Waals surface area contributed by atoms with Crippen LogP contribution in [0.5, 0.6) is 0 Å². The summed E-state index contributed by atoms with van der Waals surface area (Å²) in [6.07, 6.45) is -0.221. The van der Waals surface area contributed by atoms with E-state index in [0.29, 0.717) is 18.2 Å². The molecule has 0 aliphatic carbocycles. The number of ether oxygens (including phenoxy) is 2. The van der Waals surface area contributed by atoms with Gasteiger partial charge in [-0.15, -0.1) is 11.3 Å².